The molecule has 2 aromatic carbocycles. The van der Waals surface area contributed by atoms with Gasteiger partial charge in [0, 0.05) is 23.2 Å². The van der Waals surface area contributed by atoms with Crippen LogP contribution in [0.25, 0.3) is 15.9 Å². The predicted molar refractivity (Wildman–Crippen MR) is 145 cm³/mol. The molecule has 0 fully saturated rings. The quantitative estimate of drug-likeness (QED) is 0.328. The molecule has 0 bridgehead atoms. The van der Waals surface area contributed by atoms with Crippen LogP contribution in [0, 0.1) is 18.8 Å². The molecule has 1 aliphatic heterocycles. The first kappa shape index (κ1) is 23.2. The number of nitrogens with zero attached hydrogens (tertiary/aromatic N) is 6. The Bertz CT molecular complexity index is 1930. The van der Waals surface area contributed by atoms with Gasteiger partial charge >= 0.3 is 5.69 Å². The van der Waals surface area contributed by atoms with E-state index < -0.39 is 5.69 Å². The second kappa shape index (κ2) is 9.00. The molecule has 0 spiro atoms. The third-order valence-electron chi connectivity index (χ3n) is 6.27. The Hall–Kier alpha value is -4.26. The normalized spacial score (nSPS) is 12.4. The maximum Gasteiger partial charge on any atom is 0.332 e. The molecule has 8 nitrogen and oxygen atoms in total. The van der Waals surface area contributed by atoms with Gasteiger partial charge in [0.15, 0.2) is 5.82 Å². The first-order chi connectivity index (χ1) is 17.9. The van der Waals surface area contributed by atoms with Crippen molar-refractivity contribution in [3.8, 4) is 16.8 Å². The van der Waals surface area contributed by atoms with Crippen molar-refractivity contribution in [1.29, 1.82) is 0 Å². The van der Waals surface area contributed by atoms with E-state index in [9.17, 15) is 9.59 Å². The van der Waals surface area contributed by atoms with Gasteiger partial charge in [0.2, 0.25) is 0 Å². The molecule has 182 valence electrons. The lowest BCUT2D eigenvalue weighted by molar-refractivity contribution is 0.689. The zero-order valence-corrected chi connectivity index (χ0v) is 21.5. The van der Waals surface area contributed by atoms with Crippen LogP contribution >= 0.6 is 22.9 Å². The zero-order valence-electron chi connectivity index (χ0n) is 19.9. The third-order valence-corrected chi connectivity index (χ3v) is 7.63. The number of rotatable bonds is 2. The van der Waals surface area contributed by atoms with Gasteiger partial charge in [-0.3, -0.25) is 23.5 Å². The number of halogens is 1. The fraction of sp³-hybridized carbons (Fsp3) is 0.148. The zero-order chi connectivity index (χ0) is 25.7. The van der Waals surface area contributed by atoms with Crippen LogP contribution in [0.5, 0.6) is 0 Å². The fourth-order valence-electron chi connectivity index (χ4n) is 4.47. The van der Waals surface area contributed by atoms with E-state index in [4.69, 9.17) is 16.6 Å². The molecule has 0 saturated carbocycles. The first-order valence-corrected chi connectivity index (χ1v) is 12.7. The predicted octanol–water partition coefficient (Wildman–Crippen LogP) is 3.71. The van der Waals surface area contributed by atoms with E-state index in [0.29, 0.717) is 22.5 Å². The average molecular weight is 527 g/mol. The number of thiophene rings is 1. The van der Waals surface area contributed by atoms with Crippen molar-refractivity contribution in [3.63, 3.8) is 0 Å². The van der Waals surface area contributed by atoms with Crippen molar-refractivity contribution in [2.24, 2.45) is 12.0 Å². The van der Waals surface area contributed by atoms with Gasteiger partial charge in [-0.25, -0.2) is 4.79 Å². The summed E-state index contributed by atoms with van der Waals surface area (Å²) in [6.07, 6.45) is 0. The SMILES string of the molecule is Cc1nnc2n1-c1sc(C#CCn3c(=O)n(C)c(=O)c4ccccc43)cc1C(c1ccccc1Cl)=NC2. The van der Waals surface area contributed by atoms with Gasteiger partial charge in [-0.15, -0.1) is 21.5 Å². The van der Waals surface area contributed by atoms with E-state index in [1.54, 1.807) is 24.3 Å². The fourth-order valence-corrected chi connectivity index (χ4v) is 5.80. The van der Waals surface area contributed by atoms with Gasteiger partial charge in [-0.2, -0.15) is 0 Å². The second-order valence-electron chi connectivity index (χ2n) is 8.52. The van der Waals surface area contributed by atoms with Gasteiger partial charge in [0.25, 0.3) is 5.56 Å². The summed E-state index contributed by atoms with van der Waals surface area (Å²) in [6, 6.07) is 16.7. The van der Waals surface area contributed by atoms with E-state index in [0.717, 1.165) is 42.9 Å². The molecular weight excluding hydrogens is 508 g/mol. The summed E-state index contributed by atoms with van der Waals surface area (Å²) in [5, 5.41) is 10.6. The highest BCUT2D eigenvalue weighted by Gasteiger charge is 2.25. The molecule has 10 heteroatoms. The Balaban J connectivity index is 1.45. The number of aryl methyl sites for hydroxylation is 1. The van der Waals surface area contributed by atoms with Crippen molar-refractivity contribution in [2.75, 3.05) is 0 Å². The monoisotopic (exact) mass is 526 g/mol. The lowest BCUT2D eigenvalue weighted by Gasteiger charge is -2.08. The largest absolute Gasteiger partial charge is 0.332 e. The number of aromatic nitrogens is 5. The van der Waals surface area contributed by atoms with Gasteiger partial charge in [0.1, 0.15) is 17.4 Å². The minimum atomic E-state index is -0.405. The van der Waals surface area contributed by atoms with Gasteiger partial charge in [-0.1, -0.05) is 53.8 Å². The van der Waals surface area contributed by atoms with Crippen LogP contribution in [0.4, 0.5) is 0 Å². The summed E-state index contributed by atoms with van der Waals surface area (Å²) in [6.45, 7) is 2.42. The van der Waals surface area contributed by atoms with E-state index >= 15 is 0 Å². The van der Waals surface area contributed by atoms with E-state index in [1.807, 2.05) is 41.8 Å². The summed E-state index contributed by atoms with van der Waals surface area (Å²) >= 11 is 8.05. The minimum absolute atomic E-state index is 0.137. The Labute approximate surface area is 220 Å². The molecule has 0 saturated heterocycles. The molecule has 0 radical (unpaired) electrons. The number of aliphatic imine (C=N–C) groups is 1. The minimum Gasteiger partial charge on any atom is -0.282 e. The second-order valence-corrected chi connectivity index (χ2v) is 9.96. The highest BCUT2D eigenvalue weighted by molar-refractivity contribution is 7.15. The first-order valence-electron chi connectivity index (χ1n) is 11.5. The lowest BCUT2D eigenvalue weighted by Crippen LogP contribution is -2.38. The molecule has 0 aliphatic carbocycles. The molecule has 37 heavy (non-hydrogen) atoms. The van der Waals surface area contributed by atoms with Crippen LogP contribution < -0.4 is 11.2 Å². The summed E-state index contributed by atoms with van der Waals surface area (Å²) in [4.78, 5) is 31.0. The van der Waals surface area contributed by atoms with E-state index in [-0.39, 0.29) is 12.1 Å². The summed E-state index contributed by atoms with van der Waals surface area (Å²) in [7, 11) is 1.48. The molecule has 4 heterocycles. The summed E-state index contributed by atoms with van der Waals surface area (Å²) in [5.41, 5.74) is 2.34. The van der Waals surface area contributed by atoms with Crippen molar-refractivity contribution < 1.29 is 0 Å². The molecular formula is C27H19ClN6O2S. The summed E-state index contributed by atoms with van der Waals surface area (Å²) in [5.74, 6) is 7.83. The van der Waals surface area contributed by atoms with Crippen LogP contribution in [0.3, 0.4) is 0 Å². The average Bonchev–Trinajstić information content (AvgIpc) is 3.44. The Morgan fingerprint density at radius 3 is 2.68 bits per heavy atom. The number of para-hydroxylation sites is 1. The smallest absolute Gasteiger partial charge is 0.282 e. The molecule has 6 rings (SSSR count). The van der Waals surface area contributed by atoms with Crippen LogP contribution in [0.2, 0.25) is 5.02 Å². The summed E-state index contributed by atoms with van der Waals surface area (Å²) < 4.78 is 4.63. The third kappa shape index (κ3) is 3.82. The molecule has 0 N–H and O–H groups in total. The molecule has 0 amide bonds. The molecule has 5 aromatic rings. The van der Waals surface area contributed by atoms with E-state index in [1.165, 1.54) is 23.0 Å². The van der Waals surface area contributed by atoms with Gasteiger partial charge < -0.3 is 0 Å². The van der Waals surface area contributed by atoms with Gasteiger partial charge in [0.05, 0.1) is 28.0 Å². The van der Waals surface area contributed by atoms with Crippen LogP contribution in [-0.2, 0) is 20.1 Å². The Morgan fingerprint density at radius 1 is 1.05 bits per heavy atom. The van der Waals surface area contributed by atoms with Crippen molar-refractivity contribution in [2.45, 2.75) is 20.0 Å². The van der Waals surface area contributed by atoms with Crippen molar-refractivity contribution in [1.82, 2.24) is 23.9 Å². The maximum atomic E-state index is 12.8. The number of benzene rings is 2. The number of hydrogen-bond donors (Lipinski definition) is 0. The highest BCUT2D eigenvalue weighted by Crippen LogP contribution is 2.34. The lowest BCUT2D eigenvalue weighted by atomic mass is 10.0. The molecule has 0 atom stereocenters. The van der Waals surface area contributed by atoms with Crippen LogP contribution in [0.15, 0.2) is 69.2 Å². The van der Waals surface area contributed by atoms with E-state index in [2.05, 4.69) is 22.0 Å². The molecule has 0 unspecified atom stereocenters. The Morgan fingerprint density at radius 2 is 1.84 bits per heavy atom. The maximum absolute atomic E-state index is 12.8. The number of fused-ring (bicyclic) bond motifs is 4. The molecule has 3 aromatic heterocycles. The molecule has 1 aliphatic rings. The topological polar surface area (TPSA) is 87.1 Å². The van der Waals surface area contributed by atoms with Gasteiger partial charge in [-0.05, 0) is 31.2 Å². The van der Waals surface area contributed by atoms with Crippen LogP contribution in [0.1, 0.15) is 27.7 Å². The van der Waals surface area contributed by atoms with Crippen molar-refractivity contribution in [3.05, 3.63) is 108 Å². The van der Waals surface area contributed by atoms with Crippen LogP contribution in [-0.4, -0.2) is 29.6 Å². The number of hydrogen-bond acceptors (Lipinski definition) is 6. The Kier molecular flexibility index (Phi) is 5.63. The van der Waals surface area contributed by atoms with Crippen molar-refractivity contribution >= 4 is 39.6 Å². The standard InChI is InChI=1S/C27H19ClN6O2S/c1-16-30-31-23-15-29-24(18-9-3-5-11-21(18)28)20-14-17(37-26(20)34(16)23)8-7-13-33-22-12-6-4-10-19(22)25(35)32(2)27(33)36/h3-6,9-12,14H,13,15H2,1-2H3. The highest BCUT2D eigenvalue weighted by atomic mass is 35.5.